The van der Waals surface area contributed by atoms with E-state index in [-0.39, 0.29) is 5.91 Å². The molecule has 1 heterocycles. The minimum Gasteiger partial charge on any atom is -0.396 e. The molecule has 1 aromatic rings. The van der Waals surface area contributed by atoms with Gasteiger partial charge in [0.25, 0.3) is 5.91 Å². The van der Waals surface area contributed by atoms with Crippen LogP contribution in [-0.2, 0) is 7.05 Å². The van der Waals surface area contributed by atoms with E-state index in [0.717, 1.165) is 12.8 Å². The van der Waals surface area contributed by atoms with E-state index in [1.54, 1.807) is 17.9 Å². The van der Waals surface area contributed by atoms with Crippen molar-refractivity contribution in [2.45, 2.75) is 32.6 Å². The Morgan fingerprint density at radius 3 is 2.81 bits per heavy atom. The number of carbonyl (C=O) groups is 1. The summed E-state index contributed by atoms with van der Waals surface area (Å²) in [6.45, 7) is 2.85. The van der Waals surface area contributed by atoms with Gasteiger partial charge in [-0.3, -0.25) is 9.48 Å². The maximum absolute atomic E-state index is 11.6. The second-order valence-corrected chi connectivity index (χ2v) is 3.92. The SMILES string of the molecule is CCCCCCNC(=O)c1nn(C)cc1N. The summed E-state index contributed by atoms with van der Waals surface area (Å²) in [6.07, 6.45) is 6.19. The first-order chi connectivity index (χ1) is 7.65. The van der Waals surface area contributed by atoms with Gasteiger partial charge >= 0.3 is 0 Å². The lowest BCUT2D eigenvalue weighted by atomic mass is 10.2. The fourth-order valence-electron chi connectivity index (χ4n) is 1.52. The van der Waals surface area contributed by atoms with Crippen LogP contribution in [0.2, 0.25) is 0 Å². The van der Waals surface area contributed by atoms with Gasteiger partial charge in [0.15, 0.2) is 5.69 Å². The number of unbranched alkanes of at least 4 members (excludes halogenated alkanes) is 3. The van der Waals surface area contributed by atoms with Crippen molar-refractivity contribution in [3.63, 3.8) is 0 Å². The summed E-state index contributed by atoms with van der Waals surface area (Å²) in [7, 11) is 1.74. The lowest BCUT2D eigenvalue weighted by Crippen LogP contribution is -2.25. The van der Waals surface area contributed by atoms with Crippen LogP contribution in [0.5, 0.6) is 0 Å². The minimum atomic E-state index is -0.186. The van der Waals surface area contributed by atoms with Crippen LogP contribution in [0, 0.1) is 0 Å². The van der Waals surface area contributed by atoms with E-state index in [4.69, 9.17) is 5.73 Å². The molecule has 16 heavy (non-hydrogen) atoms. The molecule has 0 spiro atoms. The average molecular weight is 224 g/mol. The van der Waals surface area contributed by atoms with Crippen LogP contribution < -0.4 is 11.1 Å². The van der Waals surface area contributed by atoms with Crippen molar-refractivity contribution >= 4 is 11.6 Å². The lowest BCUT2D eigenvalue weighted by molar-refractivity contribution is 0.0948. The number of nitrogens with two attached hydrogens (primary N) is 1. The van der Waals surface area contributed by atoms with Gasteiger partial charge < -0.3 is 11.1 Å². The molecule has 0 saturated carbocycles. The molecule has 0 unspecified atom stereocenters. The third-order valence-corrected chi connectivity index (χ3v) is 2.39. The Balaban J connectivity index is 2.33. The topological polar surface area (TPSA) is 72.9 Å². The fourth-order valence-corrected chi connectivity index (χ4v) is 1.52. The molecule has 90 valence electrons. The molecular formula is C11H20N4O. The molecular weight excluding hydrogens is 204 g/mol. The van der Waals surface area contributed by atoms with Crippen LogP contribution >= 0.6 is 0 Å². The van der Waals surface area contributed by atoms with Crippen LogP contribution in [0.1, 0.15) is 43.1 Å². The number of amides is 1. The van der Waals surface area contributed by atoms with Gasteiger partial charge in [-0.2, -0.15) is 5.10 Å². The van der Waals surface area contributed by atoms with Gasteiger partial charge in [-0.05, 0) is 6.42 Å². The summed E-state index contributed by atoms with van der Waals surface area (Å²) in [5.41, 5.74) is 6.39. The summed E-state index contributed by atoms with van der Waals surface area (Å²) < 4.78 is 1.54. The zero-order chi connectivity index (χ0) is 12.0. The summed E-state index contributed by atoms with van der Waals surface area (Å²) in [5.74, 6) is -0.186. The summed E-state index contributed by atoms with van der Waals surface area (Å²) in [6, 6.07) is 0. The molecule has 0 aliphatic carbocycles. The van der Waals surface area contributed by atoms with Gasteiger partial charge in [-0.1, -0.05) is 26.2 Å². The van der Waals surface area contributed by atoms with E-state index < -0.39 is 0 Å². The highest BCUT2D eigenvalue weighted by Gasteiger charge is 2.12. The molecule has 5 nitrogen and oxygen atoms in total. The smallest absolute Gasteiger partial charge is 0.273 e. The van der Waals surface area contributed by atoms with E-state index in [1.165, 1.54) is 12.8 Å². The molecule has 1 aromatic heterocycles. The number of nitrogens with one attached hydrogen (secondary N) is 1. The number of rotatable bonds is 6. The molecule has 1 amide bonds. The summed E-state index contributed by atoms with van der Waals surface area (Å²) in [4.78, 5) is 11.6. The number of carbonyl (C=O) groups excluding carboxylic acids is 1. The Morgan fingerprint density at radius 2 is 2.25 bits per heavy atom. The van der Waals surface area contributed by atoms with E-state index in [1.807, 2.05) is 0 Å². The predicted octanol–water partition coefficient (Wildman–Crippen LogP) is 1.31. The van der Waals surface area contributed by atoms with Crippen molar-refractivity contribution in [2.24, 2.45) is 7.05 Å². The number of anilines is 1. The van der Waals surface area contributed by atoms with Crippen LogP contribution in [0.3, 0.4) is 0 Å². The van der Waals surface area contributed by atoms with Gasteiger partial charge in [0.05, 0.1) is 5.69 Å². The highest BCUT2D eigenvalue weighted by molar-refractivity contribution is 5.96. The number of hydrogen-bond donors (Lipinski definition) is 2. The molecule has 0 aliphatic heterocycles. The maximum Gasteiger partial charge on any atom is 0.273 e. The Bertz CT molecular complexity index is 346. The average Bonchev–Trinajstić information content (AvgIpc) is 2.57. The zero-order valence-corrected chi connectivity index (χ0v) is 9.99. The number of nitrogens with zero attached hydrogens (tertiary/aromatic N) is 2. The lowest BCUT2D eigenvalue weighted by Gasteiger charge is -2.03. The first kappa shape index (κ1) is 12.5. The van der Waals surface area contributed by atoms with Crippen LogP contribution in [0.4, 0.5) is 5.69 Å². The zero-order valence-electron chi connectivity index (χ0n) is 9.99. The van der Waals surface area contributed by atoms with Gasteiger partial charge in [-0.15, -0.1) is 0 Å². The molecule has 0 radical (unpaired) electrons. The van der Waals surface area contributed by atoms with E-state index in [0.29, 0.717) is 17.9 Å². The van der Waals surface area contributed by atoms with Gasteiger partial charge in [0, 0.05) is 19.8 Å². The predicted molar refractivity (Wildman–Crippen MR) is 64.1 cm³/mol. The standard InChI is InChI=1S/C11H20N4O/c1-3-4-5-6-7-13-11(16)10-9(12)8-15(2)14-10/h8H,3-7,12H2,1-2H3,(H,13,16). The second kappa shape index (κ2) is 6.15. The third kappa shape index (κ3) is 3.56. The Labute approximate surface area is 96.0 Å². The second-order valence-electron chi connectivity index (χ2n) is 3.92. The normalized spacial score (nSPS) is 10.4. The summed E-state index contributed by atoms with van der Waals surface area (Å²) in [5, 5.41) is 6.82. The van der Waals surface area contributed by atoms with E-state index >= 15 is 0 Å². The summed E-state index contributed by atoms with van der Waals surface area (Å²) >= 11 is 0. The Hall–Kier alpha value is -1.52. The monoisotopic (exact) mass is 224 g/mol. The van der Waals surface area contributed by atoms with Crippen molar-refractivity contribution in [3.05, 3.63) is 11.9 Å². The first-order valence-corrected chi connectivity index (χ1v) is 5.72. The molecule has 0 aromatic carbocycles. The fraction of sp³-hybridized carbons (Fsp3) is 0.636. The molecule has 5 heteroatoms. The quantitative estimate of drug-likeness (QED) is 0.716. The van der Waals surface area contributed by atoms with Crippen LogP contribution in [-0.4, -0.2) is 22.2 Å². The molecule has 0 aliphatic rings. The van der Waals surface area contributed by atoms with E-state index in [2.05, 4.69) is 17.3 Å². The number of nitrogen functional groups attached to an aromatic ring is 1. The van der Waals surface area contributed by atoms with Crippen molar-refractivity contribution in [3.8, 4) is 0 Å². The first-order valence-electron chi connectivity index (χ1n) is 5.72. The molecule has 0 saturated heterocycles. The molecule has 0 bridgehead atoms. The maximum atomic E-state index is 11.6. The Kier molecular flexibility index (Phi) is 4.82. The van der Waals surface area contributed by atoms with Gasteiger partial charge in [-0.25, -0.2) is 0 Å². The number of aryl methyl sites for hydroxylation is 1. The van der Waals surface area contributed by atoms with Crippen molar-refractivity contribution in [1.29, 1.82) is 0 Å². The minimum absolute atomic E-state index is 0.186. The van der Waals surface area contributed by atoms with Crippen LogP contribution in [0.15, 0.2) is 6.20 Å². The molecule has 1 rings (SSSR count). The number of aromatic nitrogens is 2. The number of hydrogen-bond acceptors (Lipinski definition) is 3. The largest absolute Gasteiger partial charge is 0.396 e. The van der Waals surface area contributed by atoms with Crippen molar-refractivity contribution in [1.82, 2.24) is 15.1 Å². The highest BCUT2D eigenvalue weighted by atomic mass is 16.1. The van der Waals surface area contributed by atoms with Crippen molar-refractivity contribution < 1.29 is 4.79 Å². The molecule has 3 N–H and O–H groups in total. The van der Waals surface area contributed by atoms with Crippen LogP contribution in [0.25, 0.3) is 0 Å². The Morgan fingerprint density at radius 1 is 1.50 bits per heavy atom. The molecule has 0 fully saturated rings. The van der Waals surface area contributed by atoms with Gasteiger partial charge in [0.1, 0.15) is 0 Å². The molecule has 0 atom stereocenters. The highest BCUT2D eigenvalue weighted by Crippen LogP contribution is 2.07. The third-order valence-electron chi connectivity index (χ3n) is 2.39. The van der Waals surface area contributed by atoms with Crippen molar-refractivity contribution in [2.75, 3.05) is 12.3 Å². The van der Waals surface area contributed by atoms with E-state index in [9.17, 15) is 4.79 Å². The van der Waals surface area contributed by atoms with Gasteiger partial charge in [0.2, 0.25) is 0 Å².